The molecule has 0 saturated heterocycles. The summed E-state index contributed by atoms with van der Waals surface area (Å²) >= 11 is 0. The molecular weight excluding hydrogens is 150 g/mol. The van der Waals surface area contributed by atoms with Gasteiger partial charge in [-0.3, -0.25) is 0 Å². The molecule has 0 aromatic carbocycles. The van der Waals surface area contributed by atoms with Crippen LogP contribution in [0.2, 0.25) is 0 Å². The predicted octanol–water partition coefficient (Wildman–Crippen LogP) is 3.23. The van der Waals surface area contributed by atoms with Gasteiger partial charge >= 0.3 is 0 Å². The molecule has 1 heterocycles. The maximum atomic E-state index is 5.07. The summed E-state index contributed by atoms with van der Waals surface area (Å²) in [5.74, 6) is 0.940. The van der Waals surface area contributed by atoms with Crippen LogP contribution in [0.5, 0.6) is 0 Å². The summed E-state index contributed by atoms with van der Waals surface area (Å²) in [7, 11) is 0. The van der Waals surface area contributed by atoms with E-state index >= 15 is 0 Å². The zero-order valence-corrected chi connectivity index (χ0v) is 7.86. The van der Waals surface area contributed by atoms with Crippen LogP contribution in [0.4, 0.5) is 0 Å². The Hall–Kier alpha value is -0.790. The highest BCUT2D eigenvalue weighted by molar-refractivity contribution is 5.28. The lowest BCUT2D eigenvalue weighted by Gasteiger charge is -2.17. The summed E-state index contributed by atoms with van der Waals surface area (Å²) in [6, 6.07) is 0. The third-order valence-electron chi connectivity index (χ3n) is 1.78. The Morgan fingerprint density at radius 2 is 1.67 bits per heavy atom. The van der Waals surface area contributed by atoms with Crippen molar-refractivity contribution in [1.82, 2.24) is 5.16 Å². The molecule has 0 aliphatic rings. The lowest BCUT2D eigenvalue weighted by atomic mass is 9.86. The van der Waals surface area contributed by atoms with Crippen LogP contribution in [0.15, 0.2) is 4.52 Å². The van der Waals surface area contributed by atoms with Gasteiger partial charge in [0.2, 0.25) is 0 Å². The minimum atomic E-state index is 0. The Kier molecular flexibility index (Phi) is 3.08. The quantitative estimate of drug-likeness (QED) is 0.596. The molecule has 0 fully saturated rings. The van der Waals surface area contributed by atoms with E-state index in [-0.39, 0.29) is 12.8 Å². The smallest absolute Gasteiger partial charge is 0.137 e. The van der Waals surface area contributed by atoms with Crippen molar-refractivity contribution in [3.05, 3.63) is 17.0 Å². The molecule has 2 heteroatoms. The molecule has 70 valence electrons. The summed E-state index contributed by atoms with van der Waals surface area (Å²) in [6.07, 6.45) is 0. The zero-order chi connectivity index (χ0) is 8.65. The van der Waals surface area contributed by atoms with Gasteiger partial charge in [0, 0.05) is 5.56 Å². The fraction of sp³-hybridized carbons (Fsp3) is 0.700. The van der Waals surface area contributed by atoms with E-state index in [1.165, 1.54) is 5.56 Å². The first-order valence-corrected chi connectivity index (χ1v) is 3.86. The van der Waals surface area contributed by atoms with Crippen LogP contribution in [-0.4, -0.2) is 5.16 Å². The zero-order valence-electron chi connectivity index (χ0n) is 7.86. The molecule has 0 aliphatic carbocycles. The van der Waals surface area contributed by atoms with Gasteiger partial charge in [-0.2, -0.15) is 0 Å². The van der Waals surface area contributed by atoms with E-state index in [0.717, 1.165) is 11.5 Å². The molecule has 0 bridgehead atoms. The van der Waals surface area contributed by atoms with Crippen LogP contribution in [0, 0.1) is 13.8 Å². The summed E-state index contributed by atoms with van der Waals surface area (Å²) in [5.41, 5.74) is 2.39. The van der Waals surface area contributed by atoms with Crippen LogP contribution < -0.4 is 0 Å². The molecule has 0 unspecified atom stereocenters. The van der Waals surface area contributed by atoms with Gasteiger partial charge in [-0.15, -0.1) is 0 Å². The van der Waals surface area contributed by atoms with E-state index in [0.29, 0.717) is 0 Å². The van der Waals surface area contributed by atoms with Crippen molar-refractivity contribution >= 4 is 0 Å². The Morgan fingerprint density at radius 1 is 1.17 bits per heavy atom. The summed E-state index contributed by atoms with van der Waals surface area (Å²) in [6.45, 7) is 10.4. The van der Waals surface area contributed by atoms with Crippen molar-refractivity contribution in [3.8, 4) is 0 Å². The number of aryl methyl sites for hydroxylation is 2. The van der Waals surface area contributed by atoms with E-state index in [1.807, 2.05) is 13.8 Å². The molecule has 0 amide bonds. The van der Waals surface area contributed by atoms with E-state index < -0.39 is 0 Å². The van der Waals surface area contributed by atoms with Gasteiger partial charge in [-0.25, -0.2) is 0 Å². The van der Waals surface area contributed by atoms with Crippen molar-refractivity contribution in [3.63, 3.8) is 0 Å². The normalized spacial score (nSPS) is 11.1. The third kappa shape index (κ3) is 1.87. The minimum Gasteiger partial charge on any atom is -0.361 e. The average molecular weight is 169 g/mol. The first-order chi connectivity index (χ1) is 4.93. The molecule has 1 aromatic rings. The van der Waals surface area contributed by atoms with E-state index in [1.54, 1.807) is 0 Å². The molecule has 0 aliphatic heterocycles. The number of aromatic nitrogens is 1. The number of hydrogen-bond donors (Lipinski definition) is 0. The molecule has 0 radical (unpaired) electrons. The van der Waals surface area contributed by atoms with Crippen LogP contribution >= 0.6 is 0 Å². The van der Waals surface area contributed by atoms with Gasteiger partial charge in [0.15, 0.2) is 0 Å². The molecule has 1 rings (SSSR count). The molecule has 1 aromatic heterocycles. The van der Waals surface area contributed by atoms with Crippen molar-refractivity contribution < 1.29 is 4.52 Å². The molecular formula is C10H19NO. The summed E-state index contributed by atoms with van der Waals surface area (Å²) in [5, 5.41) is 3.91. The number of rotatable bonds is 0. The topological polar surface area (TPSA) is 26.0 Å². The summed E-state index contributed by atoms with van der Waals surface area (Å²) < 4.78 is 5.07. The molecule has 12 heavy (non-hydrogen) atoms. The van der Waals surface area contributed by atoms with Crippen LogP contribution in [0.1, 0.15) is 45.2 Å². The second kappa shape index (κ2) is 3.30. The molecule has 2 nitrogen and oxygen atoms in total. The number of nitrogens with zero attached hydrogens (tertiary/aromatic N) is 1. The van der Waals surface area contributed by atoms with E-state index in [9.17, 15) is 0 Å². The maximum Gasteiger partial charge on any atom is 0.137 e. The maximum absolute atomic E-state index is 5.07. The SMILES string of the molecule is C.Cc1noc(C)c1C(C)(C)C. The van der Waals surface area contributed by atoms with Gasteiger partial charge in [-0.05, 0) is 19.3 Å². The Morgan fingerprint density at radius 3 is 1.83 bits per heavy atom. The highest BCUT2D eigenvalue weighted by atomic mass is 16.5. The van der Waals surface area contributed by atoms with Crippen LogP contribution in [0.3, 0.4) is 0 Å². The average Bonchev–Trinajstić information content (AvgIpc) is 2.08. The fourth-order valence-electron chi connectivity index (χ4n) is 1.55. The van der Waals surface area contributed by atoms with Gasteiger partial charge in [0.1, 0.15) is 5.76 Å². The van der Waals surface area contributed by atoms with Crippen LogP contribution in [0.25, 0.3) is 0 Å². The third-order valence-corrected chi connectivity index (χ3v) is 1.78. The lowest BCUT2D eigenvalue weighted by Crippen LogP contribution is -2.12. The van der Waals surface area contributed by atoms with Gasteiger partial charge in [0.25, 0.3) is 0 Å². The van der Waals surface area contributed by atoms with Crippen molar-refractivity contribution in [2.45, 2.75) is 47.5 Å². The highest BCUT2D eigenvalue weighted by Gasteiger charge is 2.22. The fourth-order valence-corrected chi connectivity index (χ4v) is 1.55. The largest absolute Gasteiger partial charge is 0.361 e. The molecule has 0 N–H and O–H groups in total. The van der Waals surface area contributed by atoms with Gasteiger partial charge in [0.05, 0.1) is 5.69 Å². The Bertz CT molecular complexity index is 236. The van der Waals surface area contributed by atoms with Gasteiger partial charge in [-0.1, -0.05) is 33.4 Å². The molecule has 0 spiro atoms. The van der Waals surface area contributed by atoms with Gasteiger partial charge < -0.3 is 4.52 Å². The predicted molar refractivity (Wildman–Crippen MR) is 51.4 cm³/mol. The van der Waals surface area contributed by atoms with Crippen molar-refractivity contribution in [2.75, 3.05) is 0 Å². The summed E-state index contributed by atoms with van der Waals surface area (Å²) in [4.78, 5) is 0. The second-order valence-corrected chi connectivity index (χ2v) is 3.95. The Labute approximate surface area is 75.0 Å². The monoisotopic (exact) mass is 169 g/mol. The van der Waals surface area contributed by atoms with Crippen LogP contribution in [-0.2, 0) is 5.41 Å². The highest BCUT2D eigenvalue weighted by Crippen LogP contribution is 2.27. The number of hydrogen-bond acceptors (Lipinski definition) is 2. The minimum absolute atomic E-state index is 0. The van der Waals surface area contributed by atoms with E-state index in [2.05, 4.69) is 25.9 Å². The lowest BCUT2D eigenvalue weighted by molar-refractivity contribution is 0.389. The molecule has 0 saturated carbocycles. The van der Waals surface area contributed by atoms with Crippen molar-refractivity contribution in [2.24, 2.45) is 0 Å². The van der Waals surface area contributed by atoms with Crippen molar-refractivity contribution in [1.29, 1.82) is 0 Å². The standard InChI is InChI=1S/C9H15NO.CH4/c1-6-8(9(3,4)5)7(2)11-10-6;/h1-5H3;1H4. The second-order valence-electron chi connectivity index (χ2n) is 3.95. The Balaban J connectivity index is 0.00000121. The van der Waals surface area contributed by atoms with E-state index in [4.69, 9.17) is 4.52 Å². The first-order valence-electron chi connectivity index (χ1n) is 3.86. The molecule has 0 atom stereocenters. The first kappa shape index (κ1) is 11.2.